The van der Waals surface area contributed by atoms with Gasteiger partial charge < -0.3 is 0 Å². The van der Waals surface area contributed by atoms with Gasteiger partial charge in [0.05, 0.1) is 13.2 Å². The molecule has 0 saturated carbocycles. The molecule has 1 N–H and O–H groups in total. The van der Waals surface area contributed by atoms with E-state index in [-0.39, 0.29) is 24.8 Å². The molecule has 1 aliphatic rings. The highest BCUT2D eigenvalue weighted by Gasteiger charge is 2.00. The average Bonchev–Trinajstić information content (AvgIpc) is 2.02. The van der Waals surface area contributed by atoms with Gasteiger partial charge in [-0.25, -0.2) is 0 Å². The van der Waals surface area contributed by atoms with Crippen LogP contribution in [0.5, 0.6) is 0 Å². The Kier molecular flexibility index (Phi) is 6.03. The maximum Gasteiger partial charge on any atom is 0.0960 e. The Morgan fingerprint density at radius 1 is 1.00 bits per heavy atom. The van der Waals surface area contributed by atoms with Gasteiger partial charge in [-0.3, -0.25) is 9.68 Å². The van der Waals surface area contributed by atoms with Crippen molar-refractivity contribution in [2.45, 2.75) is 13.2 Å². The molecule has 74 valence electrons. The van der Waals surface area contributed by atoms with Gasteiger partial charge in [-0.05, 0) is 11.1 Å². The summed E-state index contributed by atoms with van der Waals surface area (Å²) in [5.41, 5.74) is 4.73. The van der Waals surface area contributed by atoms with Crippen molar-refractivity contribution in [1.82, 2.24) is 5.64 Å². The van der Waals surface area contributed by atoms with Gasteiger partial charge in [0.25, 0.3) is 0 Å². The molecule has 0 radical (unpaired) electrons. The van der Waals surface area contributed by atoms with Crippen molar-refractivity contribution in [2.75, 3.05) is 0 Å². The molecule has 0 fully saturated rings. The molecule has 3 nitrogen and oxygen atoms in total. The number of fused-ring (bicyclic) bond motifs is 2. The van der Waals surface area contributed by atoms with Crippen molar-refractivity contribution in [3.8, 4) is 0 Å². The molecule has 0 amide bonds. The first-order chi connectivity index (χ1) is 5.45. The predicted octanol–water partition coefficient (Wildman–Crippen LogP) is 2.00. The van der Waals surface area contributed by atoms with Crippen LogP contribution in [-0.2, 0) is 22.9 Å². The van der Waals surface area contributed by atoms with E-state index in [4.69, 9.17) is 9.68 Å². The third kappa shape index (κ3) is 3.50. The van der Waals surface area contributed by atoms with Gasteiger partial charge in [0.1, 0.15) is 0 Å². The lowest BCUT2D eigenvalue weighted by molar-refractivity contribution is -0.186. The van der Waals surface area contributed by atoms with Gasteiger partial charge in [-0.15, -0.1) is 24.8 Å². The Morgan fingerprint density at radius 3 is 2.08 bits per heavy atom. The molecule has 0 atom stereocenters. The van der Waals surface area contributed by atoms with Gasteiger partial charge in [0, 0.05) is 0 Å². The molecule has 1 aliphatic heterocycles. The van der Waals surface area contributed by atoms with E-state index in [9.17, 15) is 0 Å². The van der Waals surface area contributed by atoms with Crippen molar-refractivity contribution >= 4 is 24.8 Å². The minimum atomic E-state index is 0. The maximum absolute atomic E-state index is 4.94. The molecule has 0 aromatic heterocycles. The summed E-state index contributed by atoms with van der Waals surface area (Å²) in [4.78, 5) is 9.88. The summed E-state index contributed by atoms with van der Waals surface area (Å²) in [5.74, 6) is 0. The molecular formula is C8H11Cl2NO2. The number of benzene rings is 1. The SMILES string of the molecule is Cl.Cl.c1cc2cc(c1)CONOC2. The molecule has 2 bridgehead atoms. The lowest BCUT2D eigenvalue weighted by atomic mass is 10.1. The second kappa shape index (κ2) is 6.18. The van der Waals surface area contributed by atoms with Crippen LogP contribution >= 0.6 is 24.8 Å². The standard InChI is InChI=1S/C8H9NO2.2ClH/c1-2-7-4-8(3-1)6-11-9-10-5-7;;/h1-4,9H,5-6H2;2*1H. The van der Waals surface area contributed by atoms with E-state index in [0.29, 0.717) is 13.2 Å². The average molecular weight is 224 g/mol. The number of halogens is 2. The first-order valence-electron chi connectivity index (χ1n) is 3.51. The highest BCUT2D eigenvalue weighted by molar-refractivity contribution is 5.85. The van der Waals surface area contributed by atoms with E-state index in [1.807, 2.05) is 18.2 Å². The predicted molar refractivity (Wildman–Crippen MR) is 53.7 cm³/mol. The molecule has 0 unspecified atom stereocenters. The summed E-state index contributed by atoms with van der Waals surface area (Å²) < 4.78 is 0. The van der Waals surface area contributed by atoms with Crippen molar-refractivity contribution < 1.29 is 9.68 Å². The van der Waals surface area contributed by atoms with Crippen molar-refractivity contribution in [2.24, 2.45) is 0 Å². The zero-order chi connectivity index (χ0) is 7.52. The molecule has 1 aromatic rings. The fourth-order valence-electron chi connectivity index (χ4n) is 1.08. The topological polar surface area (TPSA) is 30.5 Å². The second-order valence-electron chi connectivity index (χ2n) is 2.48. The van der Waals surface area contributed by atoms with Crippen LogP contribution in [0.1, 0.15) is 11.1 Å². The molecule has 5 heteroatoms. The zero-order valence-corrected chi connectivity index (χ0v) is 8.49. The molecule has 2 rings (SSSR count). The minimum absolute atomic E-state index is 0. The van der Waals surface area contributed by atoms with E-state index in [0.717, 1.165) is 0 Å². The first kappa shape index (κ1) is 12.7. The number of rotatable bonds is 0. The van der Waals surface area contributed by atoms with Gasteiger partial charge >= 0.3 is 0 Å². The Bertz CT molecular complexity index is 236. The van der Waals surface area contributed by atoms with Crippen LogP contribution in [0.2, 0.25) is 0 Å². The number of nitrogens with one attached hydrogen (secondary N) is 1. The lowest BCUT2D eigenvalue weighted by Gasteiger charge is -2.11. The third-order valence-corrected chi connectivity index (χ3v) is 1.59. The van der Waals surface area contributed by atoms with E-state index in [2.05, 4.69) is 11.7 Å². The highest BCUT2D eigenvalue weighted by atomic mass is 35.5. The molecule has 1 aromatic carbocycles. The van der Waals surface area contributed by atoms with Crippen molar-refractivity contribution in [3.63, 3.8) is 0 Å². The first-order valence-corrected chi connectivity index (χ1v) is 3.51. The Balaban J connectivity index is 0.000000720. The van der Waals surface area contributed by atoms with E-state index in [1.165, 1.54) is 11.1 Å². The summed E-state index contributed by atoms with van der Waals surface area (Å²) >= 11 is 0. The summed E-state index contributed by atoms with van der Waals surface area (Å²) in [5, 5.41) is 0. The Labute approximate surface area is 89.1 Å². The summed E-state index contributed by atoms with van der Waals surface area (Å²) in [6, 6.07) is 8.12. The molecule has 13 heavy (non-hydrogen) atoms. The lowest BCUT2D eigenvalue weighted by Crippen LogP contribution is -2.17. The molecule has 0 saturated heterocycles. The van der Waals surface area contributed by atoms with Crippen LogP contribution in [0.15, 0.2) is 24.3 Å². The van der Waals surface area contributed by atoms with Crippen molar-refractivity contribution in [1.29, 1.82) is 0 Å². The zero-order valence-electron chi connectivity index (χ0n) is 6.86. The normalized spacial score (nSPS) is 14.5. The largest absolute Gasteiger partial charge is 0.272 e. The molecule has 0 aliphatic carbocycles. The van der Waals surface area contributed by atoms with Crippen LogP contribution in [-0.4, -0.2) is 0 Å². The summed E-state index contributed by atoms with van der Waals surface area (Å²) in [6.07, 6.45) is 0. The monoisotopic (exact) mass is 223 g/mol. The highest BCUT2D eigenvalue weighted by Crippen LogP contribution is 2.08. The van der Waals surface area contributed by atoms with E-state index >= 15 is 0 Å². The second-order valence-corrected chi connectivity index (χ2v) is 2.48. The molecule has 0 spiro atoms. The molecular weight excluding hydrogens is 213 g/mol. The van der Waals surface area contributed by atoms with Crippen LogP contribution < -0.4 is 5.64 Å². The van der Waals surface area contributed by atoms with Gasteiger partial charge in [0.15, 0.2) is 0 Å². The van der Waals surface area contributed by atoms with Crippen LogP contribution in [0.4, 0.5) is 0 Å². The van der Waals surface area contributed by atoms with Gasteiger partial charge in [-0.2, -0.15) is 0 Å². The van der Waals surface area contributed by atoms with Crippen LogP contribution in [0, 0.1) is 0 Å². The Morgan fingerprint density at radius 2 is 1.54 bits per heavy atom. The maximum atomic E-state index is 4.94. The summed E-state index contributed by atoms with van der Waals surface area (Å²) in [6.45, 7) is 1.10. The number of hydrogen-bond donors (Lipinski definition) is 1. The summed E-state index contributed by atoms with van der Waals surface area (Å²) in [7, 11) is 0. The van der Waals surface area contributed by atoms with Crippen LogP contribution in [0.3, 0.4) is 0 Å². The van der Waals surface area contributed by atoms with Gasteiger partial charge in [-0.1, -0.05) is 29.9 Å². The third-order valence-electron chi connectivity index (χ3n) is 1.59. The van der Waals surface area contributed by atoms with E-state index in [1.54, 1.807) is 0 Å². The quantitative estimate of drug-likeness (QED) is 0.731. The molecule has 1 heterocycles. The van der Waals surface area contributed by atoms with Crippen LogP contribution in [0.25, 0.3) is 0 Å². The van der Waals surface area contributed by atoms with Gasteiger partial charge in [0.2, 0.25) is 0 Å². The smallest absolute Gasteiger partial charge is 0.0960 e. The van der Waals surface area contributed by atoms with E-state index < -0.39 is 0 Å². The minimum Gasteiger partial charge on any atom is -0.272 e. The van der Waals surface area contributed by atoms with Crippen molar-refractivity contribution in [3.05, 3.63) is 35.4 Å². The fraction of sp³-hybridized carbons (Fsp3) is 0.250. The number of hydrogen-bond acceptors (Lipinski definition) is 3. The Hall–Kier alpha value is -0.320. The fourth-order valence-corrected chi connectivity index (χ4v) is 1.08.